The van der Waals surface area contributed by atoms with E-state index in [2.05, 4.69) is 0 Å². The molecule has 4 heteroatoms. The molecule has 0 spiro atoms. The maximum absolute atomic E-state index is 6.84. The Kier molecular flexibility index (Phi) is 8.54. The minimum atomic E-state index is -1.20. The van der Waals surface area contributed by atoms with Crippen LogP contribution in [0.15, 0.2) is 0 Å². The van der Waals surface area contributed by atoms with Gasteiger partial charge in [-0.15, -0.1) is 0 Å². The van der Waals surface area contributed by atoms with Gasteiger partial charge in [-0.05, 0) is 93.3 Å². The minimum absolute atomic E-state index is 0.377. The second-order valence-corrected chi connectivity index (χ2v) is 14.3. The van der Waals surface area contributed by atoms with E-state index in [1.165, 1.54) is 135 Å². The van der Waals surface area contributed by atoms with Crippen molar-refractivity contribution in [1.82, 2.24) is 0 Å². The lowest BCUT2D eigenvalue weighted by Crippen LogP contribution is -2.34. The lowest BCUT2D eigenvalue weighted by atomic mass is 9.70. The predicted octanol–water partition coefficient (Wildman–Crippen LogP) is 9.34. The van der Waals surface area contributed by atoms with Crippen molar-refractivity contribution in [3.05, 3.63) is 0 Å². The third-order valence-corrected chi connectivity index (χ3v) is 12.6. The van der Waals surface area contributed by atoms with Crippen LogP contribution in [-0.2, 0) is 13.6 Å². The van der Waals surface area contributed by atoms with E-state index in [0.29, 0.717) is 18.3 Å². The van der Waals surface area contributed by atoms with Crippen LogP contribution in [0.2, 0.25) is 0 Å². The number of hydrogen-bond acceptors (Lipinski definition) is 3. The summed E-state index contributed by atoms with van der Waals surface area (Å²) in [5.74, 6) is 5.64. The van der Waals surface area contributed by atoms with E-state index in [1.807, 2.05) is 0 Å². The molecule has 0 aliphatic heterocycles. The Labute approximate surface area is 210 Å². The van der Waals surface area contributed by atoms with Crippen molar-refractivity contribution >= 4 is 8.60 Å². The van der Waals surface area contributed by atoms with Crippen molar-refractivity contribution in [2.45, 2.75) is 153 Å². The summed E-state index contributed by atoms with van der Waals surface area (Å²) >= 11 is 0. The summed E-state index contributed by atoms with van der Waals surface area (Å²) in [6.07, 6.45) is 30.1. The molecule has 9 unspecified atom stereocenters. The summed E-state index contributed by atoms with van der Waals surface area (Å²) in [6, 6.07) is 0. The van der Waals surface area contributed by atoms with Crippen molar-refractivity contribution < 1.29 is 13.6 Å². The molecule has 6 rings (SSSR count). The topological polar surface area (TPSA) is 27.7 Å². The van der Waals surface area contributed by atoms with Crippen molar-refractivity contribution in [3.63, 3.8) is 0 Å². The van der Waals surface area contributed by atoms with Crippen LogP contribution in [0.1, 0.15) is 135 Å². The van der Waals surface area contributed by atoms with E-state index in [0.717, 1.165) is 35.5 Å². The number of fused-ring (bicyclic) bond motifs is 3. The molecule has 0 N–H and O–H groups in total. The van der Waals surface area contributed by atoms with E-state index >= 15 is 0 Å². The normalized spacial score (nSPS) is 46.1. The highest BCUT2D eigenvalue weighted by atomic mass is 31.2. The molecule has 3 nitrogen and oxygen atoms in total. The molecule has 6 aliphatic rings. The second-order valence-electron chi connectivity index (χ2n) is 13.3. The zero-order chi connectivity index (χ0) is 22.7. The molecule has 0 aromatic carbocycles. The van der Waals surface area contributed by atoms with E-state index < -0.39 is 8.60 Å². The molecule has 0 aromatic rings. The highest BCUT2D eigenvalue weighted by molar-refractivity contribution is 7.41. The molecule has 0 heterocycles. The zero-order valence-electron chi connectivity index (χ0n) is 21.7. The van der Waals surface area contributed by atoms with Gasteiger partial charge >= 0.3 is 8.60 Å². The Bertz CT molecular complexity index is 557. The van der Waals surface area contributed by atoms with E-state index in [9.17, 15) is 0 Å². The van der Waals surface area contributed by atoms with Gasteiger partial charge in [-0.3, -0.25) is 0 Å². The van der Waals surface area contributed by atoms with Gasteiger partial charge in [0.15, 0.2) is 0 Å². The smallest absolute Gasteiger partial charge is 0.309 e. The maximum atomic E-state index is 6.84. The lowest BCUT2D eigenvalue weighted by Gasteiger charge is -2.43. The largest absolute Gasteiger partial charge is 0.333 e. The van der Waals surface area contributed by atoms with Gasteiger partial charge < -0.3 is 13.6 Å². The first-order valence-electron chi connectivity index (χ1n) is 15.6. The molecule has 0 aromatic heterocycles. The van der Waals surface area contributed by atoms with Gasteiger partial charge in [0.2, 0.25) is 0 Å². The third kappa shape index (κ3) is 6.06. The molecule has 194 valence electrons. The number of rotatable bonds is 6. The SMILES string of the molecule is C1CCC2CC(OP(OC3CCC4CCCCC4C3)OC3CCC4CCCCC4C3)CCC2C1. The molecular weight excluding hydrogens is 439 g/mol. The van der Waals surface area contributed by atoms with E-state index in [4.69, 9.17) is 13.6 Å². The Hall–Kier alpha value is 0.310. The van der Waals surface area contributed by atoms with Gasteiger partial charge in [-0.25, -0.2) is 0 Å². The predicted molar refractivity (Wildman–Crippen MR) is 139 cm³/mol. The standard InChI is InChI=1S/C30H51O3P/c1-4-10-25-19-28(16-13-22(25)7-1)31-34(32-29-17-14-23-8-2-5-11-26(23)20-29)33-30-18-15-24-9-3-6-12-27(24)21-30/h22-30H,1-21H2. The van der Waals surface area contributed by atoms with Crippen LogP contribution in [0.4, 0.5) is 0 Å². The molecule has 0 radical (unpaired) electrons. The molecule has 34 heavy (non-hydrogen) atoms. The molecule has 0 bridgehead atoms. The Balaban J connectivity index is 1.08. The van der Waals surface area contributed by atoms with Crippen molar-refractivity contribution in [3.8, 4) is 0 Å². The Morgan fingerprint density at radius 3 is 0.941 bits per heavy atom. The summed E-state index contributed by atoms with van der Waals surface area (Å²) in [6.45, 7) is 0. The van der Waals surface area contributed by atoms with E-state index in [1.54, 1.807) is 0 Å². The van der Waals surface area contributed by atoms with Crippen LogP contribution in [-0.4, -0.2) is 18.3 Å². The van der Waals surface area contributed by atoms with E-state index in [-0.39, 0.29) is 0 Å². The molecule has 9 atom stereocenters. The van der Waals surface area contributed by atoms with Gasteiger partial charge in [0.05, 0.1) is 18.3 Å². The minimum Gasteiger partial charge on any atom is -0.309 e. The summed E-state index contributed by atoms with van der Waals surface area (Å²) < 4.78 is 20.5. The first kappa shape index (κ1) is 24.6. The quantitative estimate of drug-likeness (QED) is 0.347. The molecule has 6 aliphatic carbocycles. The van der Waals surface area contributed by atoms with Crippen LogP contribution < -0.4 is 0 Å². The average molecular weight is 491 g/mol. The first-order valence-corrected chi connectivity index (χ1v) is 16.7. The molecule has 6 fully saturated rings. The fraction of sp³-hybridized carbons (Fsp3) is 1.00. The van der Waals surface area contributed by atoms with Gasteiger partial charge in [-0.1, -0.05) is 77.0 Å². The fourth-order valence-corrected chi connectivity index (χ4v) is 10.7. The summed E-state index contributed by atoms with van der Waals surface area (Å²) in [5, 5.41) is 0. The fourth-order valence-electron chi connectivity index (χ4n) is 9.22. The molecule has 0 saturated heterocycles. The zero-order valence-corrected chi connectivity index (χ0v) is 22.6. The molecule has 6 saturated carbocycles. The Morgan fingerprint density at radius 1 is 0.324 bits per heavy atom. The highest BCUT2D eigenvalue weighted by Gasteiger charge is 2.40. The molecule has 0 amide bonds. The first-order chi connectivity index (χ1) is 16.8. The van der Waals surface area contributed by atoms with Crippen molar-refractivity contribution in [2.75, 3.05) is 0 Å². The Morgan fingerprint density at radius 2 is 0.618 bits per heavy atom. The molecular formula is C30H51O3P. The van der Waals surface area contributed by atoms with Gasteiger partial charge in [0, 0.05) is 0 Å². The van der Waals surface area contributed by atoms with Gasteiger partial charge in [0.1, 0.15) is 0 Å². The van der Waals surface area contributed by atoms with Crippen LogP contribution >= 0.6 is 8.60 Å². The van der Waals surface area contributed by atoms with Gasteiger partial charge in [0.25, 0.3) is 0 Å². The summed E-state index contributed by atoms with van der Waals surface area (Å²) in [7, 11) is -1.20. The van der Waals surface area contributed by atoms with Crippen LogP contribution in [0.3, 0.4) is 0 Å². The summed E-state index contributed by atoms with van der Waals surface area (Å²) in [5.41, 5.74) is 0. The van der Waals surface area contributed by atoms with Crippen molar-refractivity contribution in [2.24, 2.45) is 35.5 Å². The van der Waals surface area contributed by atoms with Crippen molar-refractivity contribution in [1.29, 1.82) is 0 Å². The highest BCUT2D eigenvalue weighted by Crippen LogP contribution is 2.54. The number of hydrogen-bond donors (Lipinski definition) is 0. The maximum Gasteiger partial charge on any atom is 0.333 e. The van der Waals surface area contributed by atoms with Crippen LogP contribution in [0, 0.1) is 35.5 Å². The lowest BCUT2D eigenvalue weighted by molar-refractivity contribution is -0.0106. The monoisotopic (exact) mass is 490 g/mol. The van der Waals surface area contributed by atoms with Gasteiger partial charge in [-0.2, -0.15) is 0 Å². The summed E-state index contributed by atoms with van der Waals surface area (Å²) in [4.78, 5) is 0. The average Bonchev–Trinajstić information content (AvgIpc) is 2.88. The second kappa shape index (κ2) is 11.8. The van der Waals surface area contributed by atoms with Crippen LogP contribution in [0.5, 0.6) is 0 Å². The van der Waals surface area contributed by atoms with Crippen LogP contribution in [0.25, 0.3) is 0 Å². The third-order valence-electron chi connectivity index (χ3n) is 11.2.